The van der Waals surface area contributed by atoms with Crippen molar-refractivity contribution in [2.24, 2.45) is 0 Å². The van der Waals surface area contributed by atoms with Gasteiger partial charge >= 0.3 is 6.09 Å². The maximum Gasteiger partial charge on any atom is 0.407 e. The van der Waals surface area contributed by atoms with E-state index in [1.807, 2.05) is 36.4 Å². The molecule has 3 aromatic carbocycles. The number of carbonyl (C=O) groups excluding carboxylic acids is 1. The van der Waals surface area contributed by atoms with Crippen LogP contribution < -0.4 is 5.32 Å². The molecule has 0 spiro atoms. The summed E-state index contributed by atoms with van der Waals surface area (Å²) in [6.45, 7) is -0.238. The average molecular weight is 412 g/mol. The summed E-state index contributed by atoms with van der Waals surface area (Å²) >= 11 is 5.69. The zero-order chi connectivity index (χ0) is 20.4. The number of alkyl carbamates (subject to hydrolysis) is 1. The van der Waals surface area contributed by atoms with Crippen LogP contribution in [0.5, 0.6) is 0 Å². The van der Waals surface area contributed by atoms with Crippen LogP contribution >= 0.6 is 11.6 Å². The minimum Gasteiger partial charge on any atom is -0.449 e. The van der Waals surface area contributed by atoms with Crippen LogP contribution in [0.4, 0.5) is 9.18 Å². The summed E-state index contributed by atoms with van der Waals surface area (Å²) in [5, 5.41) is 12.2. The molecule has 6 heteroatoms. The molecule has 0 radical (unpaired) electrons. The van der Waals surface area contributed by atoms with E-state index in [9.17, 15) is 14.3 Å². The predicted octanol–water partition coefficient (Wildman–Crippen LogP) is 5.05. The van der Waals surface area contributed by atoms with Gasteiger partial charge in [-0.15, -0.1) is 0 Å². The number of carbonyl (C=O) groups is 1. The number of halogens is 2. The summed E-state index contributed by atoms with van der Waals surface area (Å²) in [5.74, 6) is -0.675. The standard InChI is InChI=1S/C23H19ClFNO3/c24-20-10-9-14(11-21(20)25)22(12-27)26-23(28)29-13-19-17-7-3-1-5-15(17)16-6-2-4-8-18(16)19/h1-11,19,22,27H,12-13H2,(H,26,28). The first-order valence-electron chi connectivity index (χ1n) is 9.26. The van der Waals surface area contributed by atoms with Crippen LogP contribution in [0.15, 0.2) is 66.7 Å². The molecular weight excluding hydrogens is 393 g/mol. The molecular formula is C23H19ClFNO3. The minimum absolute atomic E-state index is 0.0217. The Balaban J connectivity index is 1.46. The van der Waals surface area contributed by atoms with E-state index in [1.165, 1.54) is 12.1 Å². The molecule has 29 heavy (non-hydrogen) atoms. The van der Waals surface area contributed by atoms with Crippen LogP contribution in [0, 0.1) is 5.82 Å². The molecule has 4 rings (SSSR count). The highest BCUT2D eigenvalue weighted by atomic mass is 35.5. The quantitative estimate of drug-likeness (QED) is 0.617. The van der Waals surface area contributed by atoms with Crippen LogP contribution in [-0.2, 0) is 4.74 Å². The van der Waals surface area contributed by atoms with Gasteiger partial charge in [0.2, 0.25) is 0 Å². The monoisotopic (exact) mass is 411 g/mol. The van der Waals surface area contributed by atoms with E-state index in [-0.39, 0.29) is 17.5 Å². The third kappa shape index (κ3) is 3.84. The van der Waals surface area contributed by atoms with Crippen molar-refractivity contribution >= 4 is 17.7 Å². The van der Waals surface area contributed by atoms with Gasteiger partial charge in [-0.3, -0.25) is 0 Å². The Morgan fingerprint density at radius 1 is 1.07 bits per heavy atom. The van der Waals surface area contributed by atoms with Crippen molar-refractivity contribution < 1.29 is 19.0 Å². The van der Waals surface area contributed by atoms with Gasteiger partial charge < -0.3 is 15.2 Å². The highest BCUT2D eigenvalue weighted by Crippen LogP contribution is 2.44. The number of ether oxygens (including phenoxy) is 1. The summed E-state index contributed by atoms with van der Waals surface area (Å²) < 4.78 is 19.2. The van der Waals surface area contributed by atoms with E-state index in [0.717, 1.165) is 22.3 Å². The number of amides is 1. The summed E-state index contributed by atoms with van der Waals surface area (Å²) in [5.41, 5.74) is 4.91. The smallest absolute Gasteiger partial charge is 0.407 e. The molecule has 0 heterocycles. The summed E-state index contributed by atoms with van der Waals surface area (Å²) in [6.07, 6.45) is -0.679. The Morgan fingerprint density at radius 2 is 1.69 bits per heavy atom. The van der Waals surface area contributed by atoms with Crippen molar-refractivity contribution in [1.29, 1.82) is 0 Å². The number of fused-ring (bicyclic) bond motifs is 3. The fourth-order valence-corrected chi connectivity index (χ4v) is 3.86. The van der Waals surface area contributed by atoms with Crippen LogP contribution in [0.25, 0.3) is 11.1 Å². The van der Waals surface area contributed by atoms with Gasteiger partial charge in [-0.25, -0.2) is 9.18 Å². The van der Waals surface area contributed by atoms with E-state index in [1.54, 1.807) is 6.07 Å². The lowest BCUT2D eigenvalue weighted by atomic mass is 9.98. The number of aliphatic hydroxyl groups excluding tert-OH is 1. The molecule has 0 aliphatic heterocycles. The van der Waals surface area contributed by atoms with Gasteiger partial charge in [-0.05, 0) is 39.9 Å². The number of hydrogen-bond donors (Lipinski definition) is 2. The highest BCUT2D eigenvalue weighted by molar-refractivity contribution is 6.30. The van der Waals surface area contributed by atoms with Gasteiger partial charge in [-0.2, -0.15) is 0 Å². The van der Waals surface area contributed by atoms with Crippen molar-refractivity contribution in [1.82, 2.24) is 5.32 Å². The molecule has 3 aromatic rings. The highest BCUT2D eigenvalue weighted by Gasteiger charge is 2.29. The van der Waals surface area contributed by atoms with Crippen LogP contribution in [0.1, 0.15) is 28.7 Å². The maximum atomic E-state index is 13.7. The molecule has 148 valence electrons. The topological polar surface area (TPSA) is 58.6 Å². The Hall–Kier alpha value is -2.89. The Bertz CT molecular complexity index is 1010. The Labute approximate surface area is 172 Å². The van der Waals surface area contributed by atoms with Crippen molar-refractivity contribution in [3.63, 3.8) is 0 Å². The van der Waals surface area contributed by atoms with Crippen LogP contribution in [0.3, 0.4) is 0 Å². The van der Waals surface area contributed by atoms with Crippen LogP contribution in [-0.4, -0.2) is 24.4 Å². The third-order valence-corrected chi connectivity index (χ3v) is 5.47. The van der Waals surface area contributed by atoms with Gasteiger partial charge in [0.25, 0.3) is 0 Å². The molecule has 4 nitrogen and oxygen atoms in total. The van der Waals surface area contributed by atoms with Crippen molar-refractivity contribution in [2.45, 2.75) is 12.0 Å². The van der Waals surface area contributed by atoms with Gasteiger partial charge in [0, 0.05) is 5.92 Å². The van der Waals surface area contributed by atoms with E-state index in [0.29, 0.717) is 5.56 Å². The second kappa shape index (κ2) is 8.23. The van der Waals surface area contributed by atoms with Gasteiger partial charge in [-0.1, -0.05) is 66.2 Å². The number of rotatable bonds is 5. The lowest BCUT2D eigenvalue weighted by Crippen LogP contribution is -2.32. The molecule has 2 N–H and O–H groups in total. The van der Waals surface area contributed by atoms with Crippen LogP contribution in [0.2, 0.25) is 5.02 Å². The molecule has 1 unspecified atom stereocenters. The Kier molecular flexibility index (Phi) is 5.51. The number of benzene rings is 3. The summed E-state index contributed by atoms with van der Waals surface area (Å²) in [4.78, 5) is 12.4. The second-order valence-corrected chi connectivity index (χ2v) is 7.29. The molecule has 1 atom stereocenters. The fraction of sp³-hybridized carbons (Fsp3) is 0.174. The van der Waals surface area contributed by atoms with Crippen molar-refractivity contribution in [3.8, 4) is 11.1 Å². The first kappa shape index (κ1) is 19.4. The lowest BCUT2D eigenvalue weighted by molar-refractivity contribution is 0.132. The molecule has 0 saturated heterocycles. The molecule has 0 aromatic heterocycles. The SMILES string of the molecule is O=C(NC(CO)c1ccc(Cl)c(F)c1)OCC1c2ccccc2-c2ccccc21. The lowest BCUT2D eigenvalue weighted by Gasteiger charge is -2.19. The van der Waals surface area contributed by atoms with Crippen molar-refractivity contribution in [3.05, 3.63) is 94.3 Å². The molecule has 0 saturated carbocycles. The molecule has 1 aliphatic rings. The fourth-order valence-electron chi connectivity index (χ4n) is 3.75. The maximum absolute atomic E-state index is 13.7. The Morgan fingerprint density at radius 3 is 2.28 bits per heavy atom. The zero-order valence-electron chi connectivity index (χ0n) is 15.4. The van der Waals surface area contributed by atoms with Gasteiger partial charge in [0.05, 0.1) is 17.7 Å². The average Bonchev–Trinajstić information content (AvgIpc) is 3.06. The van der Waals surface area contributed by atoms with E-state index >= 15 is 0 Å². The number of aliphatic hydroxyl groups is 1. The molecule has 0 fully saturated rings. The van der Waals surface area contributed by atoms with E-state index < -0.39 is 24.6 Å². The number of hydrogen-bond acceptors (Lipinski definition) is 3. The van der Waals surface area contributed by atoms with Crippen molar-refractivity contribution in [2.75, 3.05) is 13.2 Å². The molecule has 0 bridgehead atoms. The third-order valence-electron chi connectivity index (χ3n) is 5.16. The zero-order valence-corrected chi connectivity index (χ0v) is 16.2. The normalized spacial score (nSPS) is 13.5. The first-order valence-corrected chi connectivity index (χ1v) is 9.63. The van der Waals surface area contributed by atoms with Gasteiger partial charge in [0.1, 0.15) is 12.4 Å². The molecule has 1 aliphatic carbocycles. The second-order valence-electron chi connectivity index (χ2n) is 6.88. The molecule has 1 amide bonds. The predicted molar refractivity (Wildman–Crippen MR) is 109 cm³/mol. The van der Waals surface area contributed by atoms with Gasteiger partial charge in [0.15, 0.2) is 0 Å². The van der Waals surface area contributed by atoms with E-state index in [2.05, 4.69) is 17.4 Å². The number of nitrogens with one attached hydrogen (secondary N) is 1. The first-order chi connectivity index (χ1) is 14.1. The summed E-state index contributed by atoms with van der Waals surface area (Å²) in [7, 11) is 0. The minimum atomic E-state index is -0.794. The van der Waals surface area contributed by atoms with E-state index in [4.69, 9.17) is 16.3 Å². The largest absolute Gasteiger partial charge is 0.449 e. The summed E-state index contributed by atoms with van der Waals surface area (Å²) in [6, 6.07) is 19.4.